The molecule has 0 spiro atoms. The number of nitrogens with zero attached hydrogens (tertiary/aromatic N) is 2. The van der Waals surface area contributed by atoms with Crippen molar-refractivity contribution in [2.24, 2.45) is 0 Å². The van der Waals surface area contributed by atoms with Crippen LogP contribution in [0.3, 0.4) is 0 Å². The normalized spacial score (nSPS) is 11.1. The third-order valence-electron chi connectivity index (χ3n) is 6.54. The number of para-hydroxylation sites is 2. The Morgan fingerprint density at radius 1 is 0.944 bits per heavy atom. The van der Waals surface area contributed by atoms with Crippen molar-refractivity contribution in [2.45, 2.75) is 52.5 Å². The number of aryl methyl sites for hydroxylation is 3. The summed E-state index contributed by atoms with van der Waals surface area (Å²) in [5.41, 5.74) is 5.38. The minimum atomic E-state index is -0.0210. The van der Waals surface area contributed by atoms with E-state index in [-0.39, 0.29) is 5.91 Å². The molecule has 0 unspecified atom stereocenters. The number of rotatable bonds is 12. The lowest BCUT2D eigenvalue weighted by atomic mass is 10.1. The van der Waals surface area contributed by atoms with Gasteiger partial charge in [0.25, 0.3) is 5.91 Å². The van der Waals surface area contributed by atoms with Gasteiger partial charge in [-0.3, -0.25) is 4.79 Å². The summed E-state index contributed by atoms with van der Waals surface area (Å²) in [4.78, 5) is 17.2. The molecule has 0 aliphatic heterocycles. The van der Waals surface area contributed by atoms with Crippen LogP contribution in [0.5, 0.6) is 5.75 Å². The SMILES string of the molecule is Cc1cccc(OCCCn2c(CCCCCNC(=O)c3ccc(Br)cc3)nc3ccccc32)c1C. The summed E-state index contributed by atoms with van der Waals surface area (Å²) in [6.45, 7) is 6.46. The molecule has 36 heavy (non-hydrogen) atoms. The first-order chi connectivity index (χ1) is 17.5. The van der Waals surface area contributed by atoms with Gasteiger partial charge in [0.2, 0.25) is 0 Å². The van der Waals surface area contributed by atoms with Gasteiger partial charge in [-0.25, -0.2) is 4.98 Å². The fraction of sp³-hybridized carbons (Fsp3) is 0.333. The van der Waals surface area contributed by atoms with E-state index in [1.807, 2.05) is 42.5 Å². The average Bonchev–Trinajstić information content (AvgIpc) is 3.24. The predicted octanol–water partition coefficient (Wildman–Crippen LogP) is 7.03. The van der Waals surface area contributed by atoms with Crippen molar-refractivity contribution in [3.8, 4) is 5.75 Å². The molecule has 1 N–H and O–H groups in total. The number of amides is 1. The second-order valence-corrected chi connectivity index (χ2v) is 10.1. The van der Waals surface area contributed by atoms with Gasteiger partial charge in [-0.05, 0) is 86.7 Å². The van der Waals surface area contributed by atoms with Crippen LogP contribution in [0.4, 0.5) is 0 Å². The maximum absolute atomic E-state index is 12.3. The van der Waals surface area contributed by atoms with Gasteiger partial charge in [-0.1, -0.05) is 46.6 Å². The zero-order valence-electron chi connectivity index (χ0n) is 21.1. The average molecular weight is 549 g/mol. The van der Waals surface area contributed by atoms with Crippen molar-refractivity contribution in [2.75, 3.05) is 13.2 Å². The number of benzene rings is 3. The molecular formula is C30H34BrN3O2. The van der Waals surface area contributed by atoms with Gasteiger partial charge >= 0.3 is 0 Å². The number of nitrogens with one attached hydrogen (secondary N) is 1. The van der Waals surface area contributed by atoms with E-state index in [0.29, 0.717) is 18.7 Å². The first-order valence-corrected chi connectivity index (χ1v) is 13.5. The highest BCUT2D eigenvalue weighted by molar-refractivity contribution is 9.10. The largest absolute Gasteiger partial charge is 0.493 e. The highest BCUT2D eigenvalue weighted by atomic mass is 79.9. The van der Waals surface area contributed by atoms with E-state index in [0.717, 1.165) is 60.2 Å². The molecule has 4 aromatic rings. The Hall–Kier alpha value is -3.12. The Bertz CT molecular complexity index is 1300. The number of unbranched alkanes of at least 4 members (excludes halogenated alkanes) is 2. The number of halogens is 1. The summed E-state index contributed by atoms with van der Waals surface area (Å²) in [6.07, 6.45) is 4.87. The molecule has 1 amide bonds. The van der Waals surface area contributed by atoms with Crippen LogP contribution in [-0.2, 0) is 13.0 Å². The molecule has 0 bridgehead atoms. The van der Waals surface area contributed by atoms with Crippen LogP contribution in [0.25, 0.3) is 11.0 Å². The van der Waals surface area contributed by atoms with Crippen molar-refractivity contribution in [1.29, 1.82) is 0 Å². The van der Waals surface area contributed by atoms with E-state index in [1.165, 1.54) is 16.6 Å². The zero-order valence-corrected chi connectivity index (χ0v) is 22.7. The lowest BCUT2D eigenvalue weighted by molar-refractivity contribution is 0.0953. The maximum Gasteiger partial charge on any atom is 0.251 e. The fourth-order valence-electron chi connectivity index (χ4n) is 4.34. The molecule has 0 fully saturated rings. The van der Waals surface area contributed by atoms with Crippen LogP contribution in [0.1, 0.15) is 53.0 Å². The molecule has 0 radical (unpaired) electrons. The molecule has 5 nitrogen and oxygen atoms in total. The summed E-state index contributed by atoms with van der Waals surface area (Å²) in [5.74, 6) is 2.08. The number of hydrogen-bond donors (Lipinski definition) is 1. The number of hydrogen-bond acceptors (Lipinski definition) is 3. The van der Waals surface area contributed by atoms with E-state index in [2.05, 4.69) is 63.9 Å². The quantitative estimate of drug-likeness (QED) is 0.194. The van der Waals surface area contributed by atoms with Crippen molar-refractivity contribution >= 4 is 32.9 Å². The molecule has 0 saturated carbocycles. The van der Waals surface area contributed by atoms with Crippen molar-refractivity contribution < 1.29 is 9.53 Å². The van der Waals surface area contributed by atoms with Crippen LogP contribution in [0.15, 0.2) is 71.2 Å². The zero-order chi connectivity index (χ0) is 25.3. The Kier molecular flexibility index (Phi) is 9.17. The first-order valence-electron chi connectivity index (χ1n) is 12.7. The van der Waals surface area contributed by atoms with Gasteiger partial charge in [0.15, 0.2) is 0 Å². The summed E-state index contributed by atoms with van der Waals surface area (Å²) >= 11 is 3.40. The molecule has 0 saturated heterocycles. The molecular weight excluding hydrogens is 514 g/mol. The van der Waals surface area contributed by atoms with Crippen molar-refractivity contribution in [3.05, 3.63) is 93.7 Å². The van der Waals surface area contributed by atoms with E-state index in [1.54, 1.807) is 0 Å². The molecule has 188 valence electrons. The standard InChI is InChI=1S/C30H34BrN3O2/c1-22-10-8-13-28(23(22)2)36-21-9-20-34-27-12-6-5-11-26(27)33-29(34)14-4-3-7-19-32-30(35)24-15-17-25(31)18-16-24/h5-6,8,10-13,15-18H,3-4,7,9,14,19-21H2,1-2H3,(H,32,35). The lowest BCUT2D eigenvalue weighted by Gasteiger charge is -2.13. The predicted molar refractivity (Wildman–Crippen MR) is 150 cm³/mol. The van der Waals surface area contributed by atoms with Crippen LogP contribution in [-0.4, -0.2) is 28.6 Å². The number of fused-ring (bicyclic) bond motifs is 1. The van der Waals surface area contributed by atoms with Crippen molar-refractivity contribution in [1.82, 2.24) is 14.9 Å². The molecule has 1 heterocycles. The molecule has 0 atom stereocenters. The van der Waals surface area contributed by atoms with E-state index < -0.39 is 0 Å². The van der Waals surface area contributed by atoms with Gasteiger partial charge in [0.1, 0.15) is 11.6 Å². The van der Waals surface area contributed by atoms with Crippen LogP contribution >= 0.6 is 15.9 Å². The molecule has 3 aromatic carbocycles. The molecule has 6 heteroatoms. The Morgan fingerprint density at radius 3 is 2.58 bits per heavy atom. The number of ether oxygens (including phenoxy) is 1. The smallest absolute Gasteiger partial charge is 0.251 e. The number of carbonyl (C=O) groups excluding carboxylic acids is 1. The number of carbonyl (C=O) groups is 1. The molecule has 0 aliphatic rings. The minimum absolute atomic E-state index is 0.0210. The summed E-state index contributed by atoms with van der Waals surface area (Å²) in [5, 5.41) is 3.02. The molecule has 1 aromatic heterocycles. The highest BCUT2D eigenvalue weighted by Gasteiger charge is 2.11. The topological polar surface area (TPSA) is 56.1 Å². The second-order valence-electron chi connectivity index (χ2n) is 9.14. The fourth-order valence-corrected chi connectivity index (χ4v) is 4.61. The number of imidazole rings is 1. The third kappa shape index (κ3) is 6.76. The van der Waals surface area contributed by atoms with E-state index in [9.17, 15) is 4.79 Å². The Balaban J connectivity index is 1.25. The van der Waals surface area contributed by atoms with Gasteiger partial charge in [-0.2, -0.15) is 0 Å². The maximum atomic E-state index is 12.3. The lowest BCUT2D eigenvalue weighted by Crippen LogP contribution is -2.24. The van der Waals surface area contributed by atoms with Gasteiger partial charge in [-0.15, -0.1) is 0 Å². The summed E-state index contributed by atoms with van der Waals surface area (Å²) < 4.78 is 9.40. The van der Waals surface area contributed by atoms with Crippen LogP contribution in [0, 0.1) is 13.8 Å². The van der Waals surface area contributed by atoms with Gasteiger partial charge < -0.3 is 14.6 Å². The first kappa shape index (κ1) is 26.0. The second kappa shape index (κ2) is 12.7. The Labute approximate surface area is 222 Å². The van der Waals surface area contributed by atoms with Gasteiger partial charge in [0, 0.05) is 29.5 Å². The molecule has 4 rings (SSSR count). The third-order valence-corrected chi connectivity index (χ3v) is 7.07. The highest BCUT2D eigenvalue weighted by Crippen LogP contribution is 2.22. The molecule has 0 aliphatic carbocycles. The van der Waals surface area contributed by atoms with E-state index in [4.69, 9.17) is 9.72 Å². The Morgan fingerprint density at radius 2 is 1.75 bits per heavy atom. The minimum Gasteiger partial charge on any atom is -0.493 e. The summed E-state index contributed by atoms with van der Waals surface area (Å²) in [6, 6.07) is 22.0. The number of aromatic nitrogens is 2. The van der Waals surface area contributed by atoms with Crippen LogP contribution in [0.2, 0.25) is 0 Å². The van der Waals surface area contributed by atoms with Gasteiger partial charge in [0.05, 0.1) is 17.6 Å². The van der Waals surface area contributed by atoms with Crippen molar-refractivity contribution in [3.63, 3.8) is 0 Å². The monoisotopic (exact) mass is 547 g/mol. The van der Waals surface area contributed by atoms with E-state index >= 15 is 0 Å². The van der Waals surface area contributed by atoms with Crippen LogP contribution < -0.4 is 10.1 Å². The summed E-state index contributed by atoms with van der Waals surface area (Å²) in [7, 11) is 0.